The summed E-state index contributed by atoms with van der Waals surface area (Å²) in [6, 6.07) is 15.0. The van der Waals surface area contributed by atoms with Crippen LogP contribution in [0.15, 0.2) is 48.5 Å². The third-order valence-corrected chi connectivity index (χ3v) is 3.12. The molecule has 0 fully saturated rings. The maximum atomic E-state index is 11.6. The van der Waals surface area contributed by atoms with Gasteiger partial charge in [0.1, 0.15) is 5.75 Å². The van der Waals surface area contributed by atoms with Crippen LogP contribution in [0.4, 0.5) is 11.4 Å². The lowest BCUT2D eigenvalue weighted by Crippen LogP contribution is -2.25. The standard InChI is InChI=1S/C15H14N2O2/c16-10-6-7-14-12(8-10)13(9-15(18)19-14)17-11-4-2-1-3-5-11/h1-8,13,17H,9,16H2. The molecule has 1 atom stereocenters. The molecule has 0 radical (unpaired) electrons. The van der Waals surface area contributed by atoms with Crippen molar-refractivity contribution in [2.45, 2.75) is 12.5 Å². The van der Waals surface area contributed by atoms with Gasteiger partial charge in [0.05, 0.1) is 12.5 Å². The Morgan fingerprint density at radius 1 is 1.16 bits per heavy atom. The zero-order valence-corrected chi connectivity index (χ0v) is 10.3. The predicted octanol–water partition coefficient (Wildman–Crippen LogP) is 2.73. The first-order valence-electron chi connectivity index (χ1n) is 6.14. The first kappa shape index (κ1) is 11.6. The second-order valence-electron chi connectivity index (χ2n) is 4.54. The highest BCUT2D eigenvalue weighted by Crippen LogP contribution is 2.35. The number of carbonyl (C=O) groups is 1. The van der Waals surface area contributed by atoms with E-state index in [4.69, 9.17) is 10.5 Å². The van der Waals surface area contributed by atoms with Crippen LogP contribution in [0.5, 0.6) is 5.75 Å². The summed E-state index contributed by atoms with van der Waals surface area (Å²) in [6.07, 6.45) is 0.297. The largest absolute Gasteiger partial charge is 0.426 e. The van der Waals surface area contributed by atoms with E-state index in [-0.39, 0.29) is 12.0 Å². The number of hydrogen-bond acceptors (Lipinski definition) is 4. The molecular weight excluding hydrogens is 240 g/mol. The van der Waals surface area contributed by atoms with Crippen molar-refractivity contribution < 1.29 is 9.53 Å². The summed E-state index contributed by atoms with van der Waals surface area (Å²) in [5.41, 5.74) is 8.36. The van der Waals surface area contributed by atoms with Gasteiger partial charge in [0.2, 0.25) is 0 Å². The van der Waals surface area contributed by atoms with Crippen molar-refractivity contribution >= 4 is 17.3 Å². The van der Waals surface area contributed by atoms with Gasteiger partial charge in [-0.3, -0.25) is 4.79 Å². The Kier molecular flexibility index (Phi) is 2.83. The highest BCUT2D eigenvalue weighted by Gasteiger charge is 2.27. The Morgan fingerprint density at radius 3 is 2.74 bits per heavy atom. The average molecular weight is 254 g/mol. The third-order valence-electron chi connectivity index (χ3n) is 3.12. The maximum absolute atomic E-state index is 11.6. The van der Waals surface area contributed by atoms with Crippen LogP contribution in [0.2, 0.25) is 0 Å². The summed E-state index contributed by atoms with van der Waals surface area (Å²) in [5.74, 6) is 0.351. The zero-order valence-electron chi connectivity index (χ0n) is 10.3. The minimum atomic E-state index is -0.231. The summed E-state index contributed by atoms with van der Waals surface area (Å²) < 4.78 is 5.22. The van der Waals surface area contributed by atoms with Crippen molar-refractivity contribution in [3.8, 4) is 5.75 Å². The fraction of sp³-hybridized carbons (Fsp3) is 0.133. The molecule has 1 unspecified atom stereocenters. The monoisotopic (exact) mass is 254 g/mol. The lowest BCUT2D eigenvalue weighted by Gasteiger charge is -2.26. The molecule has 1 heterocycles. The first-order valence-corrected chi connectivity index (χ1v) is 6.14. The normalized spacial score (nSPS) is 17.5. The summed E-state index contributed by atoms with van der Waals surface area (Å²) in [7, 11) is 0. The molecule has 1 aliphatic rings. The number of para-hydroxylation sites is 1. The van der Waals surface area contributed by atoms with Crippen LogP contribution in [-0.4, -0.2) is 5.97 Å². The van der Waals surface area contributed by atoms with Crippen molar-refractivity contribution in [3.63, 3.8) is 0 Å². The number of esters is 1. The summed E-state index contributed by atoms with van der Waals surface area (Å²) in [4.78, 5) is 11.6. The molecule has 0 saturated carbocycles. The Morgan fingerprint density at radius 2 is 1.95 bits per heavy atom. The number of nitrogen functional groups attached to an aromatic ring is 1. The average Bonchev–Trinajstić information content (AvgIpc) is 2.41. The van der Waals surface area contributed by atoms with Crippen molar-refractivity contribution in [1.29, 1.82) is 0 Å². The topological polar surface area (TPSA) is 64.3 Å². The summed E-state index contributed by atoms with van der Waals surface area (Å²) in [6.45, 7) is 0. The summed E-state index contributed by atoms with van der Waals surface area (Å²) >= 11 is 0. The van der Waals surface area contributed by atoms with Crippen LogP contribution in [0.25, 0.3) is 0 Å². The Hall–Kier alpha value is -2.49. The van der Waals surface area contributed by atoms with Gasteiger partial charge >= 0.3 is 5.97 Å². The van der Waals surface area contributed by atoms with Gasteiger partial charge in [0.25, 0.3) is 0 Å². The van der Waals surface area contributed by atoms with Crippen LogP contribution in [-0.2, 0) is 4.79 Å². The number of nitrogens with one attached hydrogen (secondary N) is 1. The molecule has 3 rings (SSSR count). The number of carbonyl (C=O) groups excluding carboxylic acids is 1. The Labute approximate surface area is 111 Å². The molecule has 0 bridgehead atoms. The van der Waals surface area contributed by atoms with Gasteiger partial charge in [-0.15, -0.1) is 0 Å². The molecule has 0 aliphatic carbocycles. The van der Waals surface area contributed by atoms with Crippen LogP contribution < -0.4 is 15.8 Å². The van der Waals surface area contributed by atoms with E-state index < -0.39 is 0 Å². The van der Waals surface area contributed by atoms with E-state index >= 15 is 0 Å². The van der Waals surface area contributed by atoms with Gasteiger partial charge in [0.15, 0.2) is 0 Å². The number of fused-ring (bicyclic) bond motifs is 1. The smallest absolute Gasteiger partial charge is 0.313 e. The molecule has 0 saturated heterocycles. The van der Waals surface area contributed by atoms with E-state index in [9.17, 15) is 4.79 Å². The van der Waals surface area contributed by atoms with E-state index in [0.29, 0.717) is 17.9 Å². The molecule has 3 N–H and O–H groups in total. The van der Waals surface area contributed by atoms with Crippen molar-refractivity contribution in [3.05, 3.63) is 54.1 Å². The van der Waals surface area contributed by atoms with Crippen LogP contribution in [0.3, 0.4) is 0 Å². The Balaban J connectivity index is 1.94. The lowest BCUT2D eigenvalue weighted by molar-refractivity contribution is -0.135. The van der Waals surface area contributed by atoms with Crippen LogP contribution in [0, 0.1) is 0 Å². The maximum Gasteiger partial charge on any atom is 0.313 e. The molecule has 4 nitrogen and oxygen atoms in total. The number of benzene rings is 2. The highest BCUT2D eigenvalue weighted by molar-refractivity contribution is 5.78. The quantitative estimate of drug-likeness (QED) is 0.491. The SMILES string of the molecule is Nc1ccc2c(c1)C(Nc1ccccc1)CC(=O)O2. The number of ether oxygens (including phenoxy) is 1. The van der Waals surface area contributed by atoms with Crippen molar-refractivity contribution in [1.82, 2.24) is 0 Å². The number of rotatable bonds is 2. The molecule has 19 heavy (non-hydrogen) atoms. The molecule has 96 valence electrons. The molecule has 0 aromatic heterocycles. The van der Waals surface area contributed by atoms with Crippen LogP contribution >= 0.6 is 0 Å². The highest BCUT2D eigenvalue weighted by atomic mass is 16.5. The van der Waals surface area contributed by atoms with Crippen molar-refractivity contribution in [2.24, 2.45) is 0 Å². The molecule has 0 spiro atoms. The van der Waals surface area contributed by atoms with E-state index in [1.165, 1.54) is 0 Å². The van der Waals surface area contributed by atoms with E-state index in [1.807, 2.05) is 36.4 Å². The number of nitrogens with two attached hydrogens (primary N) is 1. The van der Waals surface area contributed by atoms with E-state index in [2.05, 4.69) is 5.32 Å². The fourth-order valence-electron chi connectivity index (χ4n) is 2.24. The van der Waals surface area contributed by atoms with E-state index in [1.54, 1.807) is 12.1 Å². The minimum absolute atomic E-state index is 0.109. The van der Waals surface area contributed by atoms with Gasteiger partial charge in [-0.2, -0.15) is 0 Å². The molecule has 2 aromatic rings. The third kappa shape index (κ3) is 2.38. The van der Waals surface area contributed by atoms with Gasteiger partial charge < -0.3 is 15.8 Å². The number of anilines is 2. The van der Waals surface area contributed by atoms with Gasteiger partial charge in [0, 0.05) is 16.9 Å². The van der Waals surface area contributed by atoms with Gasteiger partial charge in [-0.25, -0.2) is 0 Å². The number of hydrogen-bond donors (Lipinski definition) is 2. The second-order valence-corrected chi connectivity index (χ2v) is 4.54. The summed E-state index contributed by atoms with van der Waals surface area (Å²) in [5, 5.41) is 3.34. The van der Waals surface area contributed by atoms with E-state index in [0.717, 1.165) is 11.3 Å². The fourth-order valence-corrected chi connectivity index (χ4v) is 2.24. The molecular formula is C15H14N2O2. The van der Waals surface area contributed by atoms with Crippen LogP contribution in [0.1, 0.15) is 18.0 Å². The first-order chi connectivity index (χ1) is 9.22. The molecule has 4 heteroatoms. The van der Waals surface area contributed by atoms with Crippen molar-refractivity contribution in [2.75, 3.05) is 11.1 Å². The minimum Gasteiger partial charge on any atom is -0.426 e. The predicted molar refractivity (Wildman–Crippen MR) is 73.9 cm³/mol. The second kappa shape index (κ2) is 4.65. The lowest BCUT2D eigenvalue weighted by atomic mass is 9.99. The zero-order chi connectivity index (χ0) is 13.2. The molecule has 1 aliphatic heterocycles. The van der Waals surface area contributed by atoms with Gasteiger partial charge in [-0.1, -0.05) is 18.2 Å². The Bertz CT molecular complexity index is 611. The van der Waals surface area contributed by atoms with Gasteiger partial charge in [-0.05, 0) is 30.3 Å². The molecule has 0 amide bonds. The molecule has 2 aromatic carbocycles.